The average molecular weight is 259 g/mol. The summed E-state index contributed by atoms with van der Waals surface area (Å²) in [5.41, 5.74) is 0.580. The van der Waals surface area contributed by atoms with Crippen molar-refractivity contribution in [3.8, 4) is 0 Å². The number of aromatic nitrogens is 2. The number of hydrogen-bond acceptors (Lipinski definition) is 3. The van der Waals surface area contributed by atoms with E-state index in [9.17, 15) is 4.79 Å². The van der Waals surface area contributed by atoms with Gasteiger partial charge in [-0.05, 0) is 32.4 Å². The zero-order valence-electron chi connectivity index (χ0n) is 9.44. The lowest BCUT2D eigenvalue weighted by Crippen LogP contribution is -2.20. The monoisotopic (exact) mass is 258 g/mol. The molecular formula is C11H15ClN2OS. The van der Waals surface area contributed by atoms with Crippen molar-refractivity contribution >= 4 is 29.1 Å². The molecular weight excluding hydrogens is 244 g/mol. The number of rotatable bonds is 3. The number of Topliss-reactive ketones (excluding diaryl/α,β-unsaturated/α-hetero) is 1. The standard InChI is InChI=1S/C11H15ClN2OS/c1-7(2)14-10(8(12)6-13-14)11(15)9-4-3-5-16-9/h6-7,9H,3-5H2,1-2H3. The van der Waals surface area contributed by atoms with Gasteiger partial charge in [-0.15, -0.1) is 0 Å². The number of thioether (sulfide) groups is 1. The number of hydrogen-bond donors (Lipinski definition) is 0. The fraction of sp³-hybridized carbons (Fsp3) is 0.636. The SMILES string of the molecule is CC(C)n1ncc(Cl)c1C(=O)C1CCCS1. The second-order valence-electron chi connectivity index (χ2n) is 4.25. The van der Waals surface area contributed by atoms with Gasteiger partial charge in [-0.2, -0.15) is 16.9 Å². The van der Waals surface area contributed by atoms with Crippen LogP contribution in [-0.4, -0.2) is 26.6 Å². The maximum Gasteiger partial charge on any atom is 0.195 e. The van der Waals surface area contributed by atoms with Crippen molar-refractivity contribution in [1.29, 1.82) is 0 Å². The van der Waals surface area contributed by atoms with Crippen molar-refractivity contribution < 1.29 is 4.79 Å². The summed E-state index contributed by atoms with van der Waals surface area (Å²) < 4.78 is 1.73. The summed E-state index contributed by atoms with van der Waals surface area (Å²) in [6.45, 7) is 4.00. The summed E-state index contributed by atoms with van der Waals surface area (Å²) in [4.78, 5) is 12.3. The molecule has 0 amide bonds. The Bertz CT molecular complexity index is 397. The van der Waals surface area contributed by atoms with Crippen molar-refractivity contribution in [3.63, 3.8) is 0 Å². The van der Waals surface area contributed by atoms with E-state index in [1.165, 1.54) is 0 Å². The molecule has 2 rings (SSSR count). The molecule has 3 nitrogen and oxygen atoms in total. The van der Waals surface area contributed by atoms with Crippen LogP contribution in [-0.2, 0) is 0 Å². The molecule has 88 valence electrons. The molecule has 0 spiro atoms. The van der Waals surface area contributed by atoms with Gasteiger partial charge in [-0.1, -0.05) is 11.6 Å². The molecule has 16 heavy (non-hydrogen) atoms. The van der Waals surface area contributed by atoms with E-state index in [4.69, 9.17) is 11.6 Å². The first-order valence-corrected chi connectivity index (χ1v) is 6.92. The van der Waals surface area contributed by atoms with Gasteiger partial charge in [0.25, 0.3) is 0 Å². The van der Waals surface area contributed by atoms with Crippen molar-refractivity contribution in [1.82, 2.24) is 9.78 Å². The Morgan fingerprint density at radius 2 is 2.44 bits per heavy atom. The molecule has 1 aliphatic heterocycles. The van der Waals surface area contributed by atoms with Crippen molar-refractivity contribution in [2.45, 2.75) is 38.0 Å². The highest BCUT2D eigenvalue weighted by Crippen LogP contribution is 2.31. The van der Waals surface area contributed by atoms with Gasteiger partial charge in [0.15, 0.2) is 5.78 Å². The van der Waals surface area contributed by atoms with E-state index in [0.29, 0.717) is 10.7 Å². The topological polar surface area (TPSA) is 34.9 Å². The van der Waals surface area contributed by atoms with E-state index in [2.05, 4.69) is 5.10 Å². The predicted molar refractivity (Wildman–Crippen MR) is 67.4 cm³/mol. The van der Waals surface area contributed by atoms with Crippen molar-refractivity contribution in [3.05, 3.63) is 16.9 Å². The first-order valence-electron chi connectivity index (χ1n) is 5.50. The van der Waals surface area contributed by atoms with Crippen LogP contribution in [0.3, 0.4) is 0 Å². The minimum Gasteiger partial charge on any atom is -0.291 e. The second-order valence-corrected chi connectivity index (χ2v) is 5.96. The molecule has 2 heterocycles. The van der Waals surface area contributed by atoms with Crippen LogP contribution >= 0.6 is 23.4 Å². The Kier molecular flexibility index (Phi) is 3.60. The van der Waals surface area contributed by atoms with Gasteiger partial charge < -0.3 is 0 Å². The summed E-state index contributed by atoms with van der Waals surface area (Å²) in [6.07, 6.45) is 3.64. The Balaban J connectivity index is 2.31. The Hall–Kier alpha value is -0.480. The molecule has 0 aliphatic carbocycles. The molecule has 1 fully saturated rings. The van der Waals surface area contributed by atoms with Gasteiger partial charge in [-0.25, -0.2) is 0 Å². The average Bonchev–Trinajstić information content (AvgIpc) is 2.84. The molecule has 1 unspecified atom stereocenters. The van der Waals surface area contributed by atoms with Crippen LogP contribution in [0.15, 0.2) is 6.20 Å². The summed E-state index contributed by atoms with van der Waals surface area (Å²) in [5.74, 6) is 1.21. The van der Waals surface area contributed by atoms with E-state index in [1.54, 1.807) is 22.6 Å². The fourth-order valence-electron chi connectivity index (χ4n) is 1.90. The van der Waals surface area contributed by atoms with E-state index >= 15 is 0 Å². The molecule has 0 aromatic carbocycles. The zero-order valence-corrected chi connectivity index (χ0v) is 11.0. The maximum absolute atomic E-state index is 12.3. The largest absolute Gasteiger partial charge is 0.291 e. The van der Waals surface area contributed by atoms with Crippen LogP contribution in [0.25, 0.3) is 0 Å². The number of carbonyl (C=O) groups excluding carboxylic acids is 1. The van der Waals surface area contributed by atoms with E-state index < -0.39 is 0 Å². The molecule has 1 saturated heterocycles. The molecule has 1 aromatic rings. The minimum atomic E-state index is 0.0756. The van der Waals surface area contributed by atoms with Crippen LogP contribution < -0.4 is 0 Å². The lowest BCUT2D eigenvalue weighted by Gasteiger charge is -2.13. The number of nitrogens with zero attached hydrogens (tertiary/aromatic N) is 2. The van der Waals surface area contributed by atoms with Gasteiger partial charge >= 0.3 is 0 Å². The highest BCUT2D eigenvalue weighted by molar-refractivity contribution is 8.00. The molecule has 1 aromatic heterocycles. The van der Waals surface area contributed by atoms with Crippen LogP contribution in [0.1, 0.15) is 43.2 Å². The molecule has 5 heteroatoms. The smallest absolute Gasteiger partial charge is 0.195 e. The highest BCUT2D eigenvalue weighted by Gasteiger charge is 2.29. The second kappa shape index (κ2) is 4.80. The van der Waals surface area contributed by atoms with Gasteiger partial charge in [0, 0.05) is 6.04 Å². The first-order chi connectivity index (χ1) is 7.61. The van der Waals surface area contributed by atoms with Gasteiger partial charge in [0.05, 0.1) is 16.5 Å². The molecule has 1 aliphatic rings. The third-order valence-electron chi connectivity index (χ3n) is 2.70. The third kappa shape index (κ3) is 2.13. The van der Waals surface area contributed by atoms with Gasteiger partial charge in [0.1, 0.15) is 5.69 Å². The zero-order chi connectivity index (χ0) is 11.7. The van der Waals surface area contributed by atoms with Crippen LogP contribution in [0.5, 0.6) is 0 Å². The third-order valence-corrected chi connectivity index (χ3v) is 4.35. The molecule has 0 radical (unpaired) electrons. The van der Waals surface area contributed by atoms with Crippen molar-refractivity contribution in [2.24, 2.45) is 0 Å². The van der Waals surface area contributed by atoms with Crippen LogP contribution in [0, 0.1) is 0 Å². The summed E-state index contributed by atoms with van der Waals surface area (Å²) in [5, 5.41) is 4.72. The Morgan fingerprint density at radius 1 is 1.69 bits per heavy atom. The number of carbonyl (C=O) groups is 1. The normalized spacial score (nSPS) is 20.6. The maximum atomic E-state index is 12.3. The highest BCUT2D eigenvalue weighted by atomic mass is 35.5. The molecule has 0 bridgehead atoms. The first kappa shape index (κ1) is 12.0. The Morgan fingerprint density at radius 3 is 3.00 bits per heavy atom. The summed E-state index contributed by atoms with van der Waals surface area (Å²) in [6, 6.07) is 0.165. The Labute approximate surface area is 105 Å². The van der Waals surface area contributed by atoms with Gasteiger partial charge in [0.2, 0.25) is 0 Å². The lowest BCUT2D eigenvalue weighted by atomic mass is 10.1. The fourth-order valence-corrected chi connectivity index (χ4v) is 3.34. The number of ketones is 1. The van der Waals surface area contributed by atoms with Crippen molar-refractivity contribution in [2.75, 3.05) is 5.75 Å². The number of halogens is 1. The summed E-state index contributed by atoms with van der Waals surface area (Å²) >= 11 is 7.78. The van der Waals surface area contributed by atoms with Crippen LogP contribution in [0.4, 0.5) is 0 Å². The summed E-state index contributed by atoms with van der Waals surface area (Å²) in [7, 11) is 0. The molecule has 0 N–H and O–H groups in total. The quantitative estimate of drug-likeness (QED) is 0.781. The predicted octanol–water partition coefficient (Wildman–Crippen LogP) is 3.20. The van der Waals surface area contributed by atoms with Crippen LogP contribution in [0.2, 0.25) is 5.02 Å². The minimum absolute atomic E-state index is 0.0756. The van der Waals surface area contributed by atoms with E-state index in [1.807, 2.05) is 13.8 Å². The lowest BCUT2D eigenvalue weighted by molar-refractivity contribution is 0.0976. The van der Waals surface area contributed by atoms with E-state index in [-0.39, 0.29) is 17.1 Å². The molecule has 1 atom stereocenters. The molecule has 0 saturated carbocycles. The van der Waals surface area contributed by atoms with Gasteiger partial charge in [-0.3, -0.25) is 9.48 Å². The van der Waals surface area contributed by atoms with E-state index in [0.717, 1.165) is 18.6 Å².